The van der Waals surface area contributed by atoms with E-state index in [0.717, 1.165) is 19.4 Å². The van der Waals surface area contributed by atoms with E-state index in [1.165, 1.54) is 0 Å². The van der Waals surface area contributed by atoms with Gasteiger partial charge >= 0.3 is 17.9 Å². The van der Waals surface area contributed by atoms with Crippen molar-refractivity contribution in [3.63, 3.8) is 0 Å². The maximum atomic E-state index is 11.5. The van der Waals surface area contributed by atoms with E-state index in [9.17, 15) is 24.0 Å². The molecule has 0 aliphatic carbocycles. The molecular formula is C15H26N4O8S. The highest BCUT2D eigenvalue weighted by Crippen LogP contribution is 2.03. The fourth-order valence-corrected chi connectivity index (χ4v) is 2.31. The van der Waals surface area contributed by atoms with Gasteiger partial charge in [0.25, 0.3) is 0 Å². The van der Waals surface area contributed by atoms with Gasteiger partial charge in [0.15, 0.2) is 0 Å². The molecule has 3 atom stereocenters. The molecule has 1 aliphatic rings. The standard InChI is InChI=1S/C10H17N3O6S.C5H9NO2/c11-5(10(18)19)1-2-7(14)13-6(4-20)9(17)12-3-8(15)16;7-5(8)4-2-1-3-6-4/h5-6,20H,1-4,11H2,(H,12,17)(H,13,14)(H,15,16)(H,18,19);4,6H,1-3H2,(H,7,8)/t5-,6-;4-/m00/s1. The first-order valence-electron chi connectivity index (χ1n) is 8.42. The van der Waals surface area contributed by atoms with Gasteiger partial charge in [0, 0.05) is 12.2 Å². The minimum Gasteiger partial charge on any atom is -0.480 e. The van der Waals surface area contributed by atoms with Gasteiger partial charge in [-0.2, -0.15) is 12.6 Å². The second kappa shape index (κ2) is 13.7. The van der Waals surface area contributed by atoms with Crippen molar-refractivity contribution in [1.29, 1.82) is 0 Å². The van der Waals surface area contributed by atoms with Crippen molar-refractivity contribution < 1.29 is 39.3 Å². The zero-order valence-corrected chi connectivity index (χ0v) is 16.0. The Kier molecular flexibility index (Phi) is 12.6. The summed E-state index contributed by atoms with van der Waals surface area (Å²) in [7, 11) is 0. The van der Waals surface area contributed by atoms with Gasteiger partial charge in [-0.05, 0) is 25.8 Å². The molecule has 28 heavy (non-hydrogen) atoms. The zero-order chi connectivity index (χ0) is 21.7. The average molecular weight is 422 g/mol. The monoisotopic (exact) mass is 422 g/mol. The normalized spacial score (nSPS) is 17.4. The van der Waals surface area contributed by atoms with Crippen LogP contribution in [0.25, 0.3) is 0 Å². The van der Waals surface area contributed by atoms with E-state index in [1.54, 1.807) is 0 Å². The highest BCUT2D eigenvalue weighted by molar-refractivity contribution is 7.80. The van der Waals surface area contributed by atoms with Gasteiger partial charge in [0.05, 0.1) is 0 Å². The van der Waals surface area contributed by atoms with Crippen LogP contribution in [0.3, 0.4) is 0 Å². The summed E-state index contributed by atoms with van der Waals surface area (Å²) < 4.78 is 0. The van der Waals surface area contributed by atoms with Crippen LogP contribution in [0.1, 0.15) is 25.7 Å². The number of carbonyl (C=O) groups excluding carboxylic acids is 2. The molecule has 1 fully saturated rings. The number of carboxylic acid groups (broad SMARTS) is 3. The van der Waals surface area contributed by atoms with E-state index < -0.39 is 48.4 Å². The summed E-state index contributed by atoms with van der Waals surface area (Å²) in [6.45, 7) is 0.292. The number of rotatable bonds is 10. The smallest absolute Gasteiger partial charge is 0.322 e. The molecule has 1 rings (SSSR count). The number of hydrogen-bond acceptors (Lipinski definition) is 8. The molecule has 0 spiro atoms. The Morgan fingerprint density at radius 2 is 1.82 bits per heavy atom. The number of carboxylic acids is 3. The fraction of sp³-hybridized carbons (Fsp3) is 0.667. The molecule has 160 valence electrons. The Balaban J connectivity index is 0.000000749. The first-order valence-corrected chi connectivity index (χ1v) is 9.06. The lowest BCUT2D eigenvalue weighted by atomic mass is 10.1. The third-order valence-corrected chi connectivity index (χ3v) is 3.97. The van der Waals surface area contributed by atoms with Crippen LogP contribution in [0.2, 0.25) is 0 Å². The van der Waals surface area contributed by atoms with E-state index >= 15 is 0 Å². The Labute approximate surface area is 166 Å². The first kappa shape index (κ1) is 25.6. The van der Waals surface area contributed by atoms with E-state index in [1.807, 2.05) is 0 Å². The molecule has 0 aromatic carbocycles. The molecular weight excluding hydrogens is 396 g/mol. The molecule has 12 nitrogen and oxygen atoms in total. The minimum absolute atomic E-state index is 0.0256. The Bertz CT molecular complexity index is 568. The van der Waals surface area contributed by atoms with Crippen molar-refractivity contribution in [1.82, 2.24) is 16.0 Å². The number of nitrogens with two attached hydrogens (primary N) is 1. The number of aliphatic carboxylic acids is 3. The van der Waals surface area contributed by atoms with Crippen molar-refractivity contribution in [2.75, 3.05) is 18.8 Å². The quantitative estimate of drug-likeness (QED) is 0.175. The molecule has 1 aliphatic heterocycles. The van der Waals surface area contributed by atoms with Gasteiger partial charge in [-0.15, -0.1) is 0 Å². The van der Waals surface area contributed by atoms with Crippen LogP contribution >= 0.6 is 12.6 Å². The Hall–Kier alpha value is -2.38. The molecule has 8 N–H and O–H groups in total. The van der Waals surface area contributed by atoms with Crippen molar-refractivity contribution in [2.24, 2.45) is 5.73 Å². The number of amides is 2. The van der Waals surface area contributed by atoms with Gasteiger partial charge in [-0.3, -0.25) is 24.0 Å². The topological polar surface area (TPSA) is 208 Å². The van der Waals surface area contributed by atoms with Crippen LogP contribution < -0.4 is 21.7 Å². The maximum absolute atomic E-state index is 11.5. The van der Waals surface area contributed by atoms with E-state index in [-0.39, 0.29) is 24.6 Å². The van der Waals surface area contributed by atoms with Crippen molar-refractivity contribution >= 4 is 42.4 Å². The Morgan fingerprint density at radius 1 is 1.18 bits per heavy atom. The fourth-order valence-electron chi connectivity index (χ4n) is 2.05. The summed E-state index contributed by atoms with van der Waals surface area (Å²) in [5.41, 5.74) is 5.23. The number of hydrogen-bond donors (Lipinski definition) is 8. The second-order valence-corrected chi connectivity index (χ2v) is 6.25. The van der Waals surface area contributed by atoms with E-state index in [4.69, 9.17) is 21.1 Å². The molecule has 13 heteroatoms. The molecule has 1 saturated heterocycles. The van der Waals surface area contributed by atoms with E-state index in [2.05, 4.69) is 28.6 Å². The molecule has 2 amide bonds. The van der Waals surface area contributed by atoms with Crippen LogP contribution in [-0.2, 0) is 24.0 Å². The van der Waals surface area contributed by atoms with Crippen molar-refractivity contribution in [3.8, 4) is 0 Å². The summed E-state index contributed by atoms with van der Waals surface area (Å²) in [5.74, 6) is -4.42. The average Bonchev–Trinajstić information content (AvgIpc) is 3.17. The van der Waals surface area contributed by atoms with Gasteiger partial charge in [0.1, 0.15) is 24.7 Å². The zero-order valence-electron chi connectivity index (χ0n) is 15.1. The largest absolute Gasteiger partial charge is 0.480 e. The molecule has 0 aromatic rings. The van der Waals surface area contributed by atoms with Crippen LogP contribution in [0, 0.1) is 0 Å². The second-order valence-electron chi connectivity index (χ2n) is 5.88. The van der Waals surface area contributed by atoms with Gasteiger partial charge in [-0.25, -0.2) is 0 Å². The number of carbonyl (C=O) groups is 5. The summed E-state index contributed by atoms with van der Waals surface area (Å²) in [5, 5.41) is 32.6. The van der Waals surface area contributed by atoms with Crippen LogP contribution in [-0.4, -0.2) is 82.0 Å². The van der Waals surface area contributed by atoms with Crippen LogP contribution in [0.15, 0.2) is 0 Å². The predicted octanol–water partition coefficient (Wildman–Crippen LogP) is -2.38. The summed E-state index contributed by atoms with van der Waals surface area (Å²) >= 11 is 3.87. The van der Waals surface area contributed by atoms with Gasteiger partial charge in [0.2, 0.25) is 11.8 Å². The third-order valence-electron chi connectivity index (χ3n) is 3.61. The lowest BCUT2D eigenvalue weighted by molar-refractivity contribution is -0.140. The highest BCUT2D eigenvalue weighted by atomic mass is 32.1. The maximum Gasteiger partial charge on any atom is 0.322 e. The van der Waals surface area contributed by atoms with E-state index in [0.29, 0.717) is 0 Å². The van der Waals surface area contributed by atoms with Gasteiger partial charge < -0.3 is 37.0 Å². The van der Waals surface area contributed by atoms with Crippen molar-refractivity contribution in [2.45, 2.75) is 43.8 Å². The molecule has 0 aromatic heterocycles. The molecule has 0 radical (unpaired) electrons. The molecule has 0 unspecified atom stereocenters. The van der Waals surface area contributed by atoms with Crippen LogP contribution in [0.5, 0.6) is 0 Å². The Morgan fingerprint density at radius 3 is 2.21 bits per heavy atom. The van der Waals surface area contributed by atoms with Crippen LogP contribution in [0.4, 0.5) is 0 Å². The third kappa shape index (κ3) is 11.4. The molecule has 1 heterocycles. The van der Waals surface area contributed by atoms with Gasteiger partial charge in [-0.1, -0.05) is 0 Å². The predicted molar refractivity (Wildman–Crippen MR) is 99.9 cm³/mol. The lowest BCUT2D eigenvalue weighted by Crippen LogP contribution is -2.49. The number of thiol groups is 1. The summed E-state index contributed by atoms with van der Waals surface area (Å²) in [6.07, 6.45) is 1.55. The highest BCUT2D eigenvalue weighted by Gasteiger charge is 2.21. The molecule has 0 saturated carbocycles. The minimum atomic E-state index is -1.22. The summed E-state index contributed by atoms with van der Waals surface area (Å²) in [4.78, 5) is 53.9. The summed E-state index contributed by atoms with van der Waals surface area (Å²) in [6, 6.07) is -2.42. The lowest BCUT2D eigenvalue weighted by Gasteiger charge is -2.16. The molecule has 0 bridgehead atoms. The van der Waals surface area contributed by atoms with Crippen molar-refractivity contribution in [3.05, 3.63) is 0 Å². The SMILES string of the molecule is N[C@@H](CCC(=O)N[C@@H](CS)C(=O)NCC(=O)O)C(=O)O.O=C(O)[C@@H]1CCCN1. The number of nitrogens with one attached hydrogen (secondary N) is 3. The first-order chi connectivity index (χ1) is 13.1.